The average molecular weight is 413 g/mol. The van der Waals surface area contributed by atoms with E-state index >= 15 is 0 Å². The van der Waals surface area contributed by atoms with Crippen LogP contribution < -0.4 is 4.72 Å². The molecule has 8 heteroatoms. The monoisotopic (exact) mass is 413 g/mol. The van der Waals surface area contributed by atoms with Crippen LogP contribution in [0.5, 0.6) is 0 Å². The van der Waals surface area contributed by atoms with Gasteiger partial charge in [0.25, 0.3) is 10.0 Å². The summed E-state index contributed by atoms with van der Waals surface area (Å²) < 4.78 is 66.4. The summed E-state index contributed by atoms with van der Waals surface area (Å²) in [6, 6.07) is 6.84. The smallest absolute Gasteiger partial charge is 0.267 e. The molecule has 2 aromatic rings. The van der Waals surface area contributed by atoms with Crippen molar-refractivity contribution in [1.29, 1.82) is 0 Å². The van der Waals surface area contributed by atoms with Gasteiger partial charge in [0.2, 0.25) is 0 Å². The molecule has 0 aliphatic carbocycles. The van der Waals surface area contributed by atoms with Gasteiger partial charge in [-0.05, 0) is 40.8 Å². The van der Waals surface area contributed by atoms with Gasteiger partial charge in [0.15, 0.2) is 4.90 Å². The van der Waals surface area contributed by atoms with Gasteiger partial charge in [-0.1, -0.05) is 6.07 Å². The van der Waals surface area contributed by atoms with Crippen LogP contribution in [0.2, 0.25) is 0 Å². The highest BCUT2D eigenvalue weighted by Crippen LogP contribution is 2.23. The number of rotatable bonds is 3. The zero-order valence-electron chi connectivity index (χ0n) is 9.70. The number of hydrogen-bond donors (Lipinski definition) is 1. The third-order valence-electron chi connectivity index (χ3n) is 2.31. The van der Waals surface area contributed by atoms with Crippen LogP contribution in [0.25, 0.3) is 0 Å². The number of halogens is 4. The second kappa shape index (κ2) is 5.60. The number of hydrogen-bond acceptors (Lipinski definition) is 2. The van der Waals surface area contributed by atoms with Crippen molar-refractivity contribution >= 4 is 38.3 Å². The SMILES string of the molecule is O=S(=O)(Nc1cccc(I)c1)c1c(F)cc(F)cc1F. The number of anilines is 1. The summed E-state index contributed by atoms with van der Waals surface area (Å²) in [7, 11) is -4.48. The highest BCUT2D eigenvalue weighted by Gasteiger charge is 2.25. The first kappa shape index (κ1) is 15.1. The van der Waals surface area contributed by atoms with Gasteiger partial charge in [-0.15, -0.1) is 0 Å². The van der Waals surface area contributed by atoms with Crippen LogP contribution in [0, 0.1) is 21.0 Å². The molecular formula is C12H7F3INO2S. The topological polar surface area (TPSA) is 46.2 Å². The lowest BCUT2D eigenvalue weighted by molar-refractivity contribution is 0.498. The number of sulfonamides is 1. The van der Waals surface area contributed by atoms with Gasteiger partial charge in [0, 0.05) is 21.4 Å². The van der Waals surface area contributed by atoms with Gasteiger partial charge in [-0.2, -0.15) is 0 Å². The molecule has 0 aliphatic rings. The van der Waals surface area contributed by atoms with Crippen LogP contribution in [0.15, 0.2) is 41.3 Å². The van der Waals surface area contributed by atoms with Gasteiger partial charge in [0.05, 0.1) is 0 Å². The van der Waals surface area contributed by atoms with E-state index in [1.165, 1.54) is 12.1 Å². The molecular weight excluding hydrogens is 406 g/mol. The van der Waals surface area contributed by atoms with Crippen molar-refractivity contribution in [3.05, 3.63) is 57.4 Å². The predicted octanol–water partition coefficient (Wildman–Crippen LogP) is 3.51. The second-order valence-electron chi connectivity index (χ2n) is 3.81. The van der Waals surface area contributed by atoms with Crippen LogP contribution in [0.1, 0.15) is 0 Å². The number of benzene rings is 2. The summed E-state index contributed by atoms with van der Waals surface area (Å²) in [5.41, 5.74) is 0.153. The van der Waals surface area contributed by atoms with Crippen LogP contribution in [-0.2, 0) is 10.0 Å². The minimum atomic E-state index is -4.48. The summed E-state index contributed by atoms with van der Waals surface area (Å²) in [5.74, 6) is -4.16. The highest BCUT2D eigenvalue weighted by molar-refractivity contribution is 14.1. The van der Waals surface area contributed by atoms with Crippen molar-refractivity contribution in [2.45, 2.75) is 4.90 Å². The molecule has 0 fully saturated rings. The summed E-state index contributed by atoms with van der Waals surface area (Å²) in [5, 5.41) is 0. The Morgan fingerprint density at radius 1 is 1.00 bits per heavy atom. The summed E-state index contributed by atoms with van der Waals surface area (Å²) >= 11 is 1.96. The van der Waals surface area contributed by atoms with E-state index in [4.69, 9.17) is 0 Å². The molecule has 2 rings (SSSR count). The number of nitrogens with one attached hydrogen (secondary N) is 1. The molecule has 0 spiro atoms. The normalized spacial score (nSPS) is 11.4. The maximum absolute atomic E-state index is 13.5. The molecule has 106 valence electrons. The molecule has 1 N–H and O–H groups in total. The molecule has 20 heavy (non-hydrogen) atoms. The molecule has 0 radical (unpaired) electrons. The van der Waals surface area contributed by atoms with Crippen molar-refractivity contribution < 1.29 is 21.6 Å². The van der Waals surface area contributed by atoms with Crippen LogP contribution in [-0.4, -0.2) is 8.42 Å². The lowest BCUT2D eigenvalue weighted by Gasteiger charge is -2.10. The van der Waals surface area contributed by atoms with E-state index < -0.39 is 32.4 Å². The van der Waals surface area contributed by atoms with Crippen LogP contribution in [0.3, 0.4) is 0 Å². The predicted molar refractivity (Wildman–Crippen MR) is 76.3 cm³/mol. The minimum absolute atomic E-state index is 0.153. The molecule has 0 saturated heterocycles. The van der Waals surface area contributed by atoms with E-state index in [0.717, 1.165) is 3.57 Å². The quantitative estimate of drug-likeness (QED) is 0.784. The molecule has 2 aromatic carbocycles. The lowest BCUT2D eigenvalue weighted by Crippen LogP contribution is -2.16. The molecule has 0 saturated carbocycles. The van der Waals surface area contributed by atoms with E-state index in [0.29, 0.717) is 12.1 Å². The zero-order chi connectivity index (χ0) is 14.9. The maximum Gasteiger partial charge on any atom is 0.267 e. The van der Waals surface area contributed by atoms with E-state index in [9.17, 15) is 21.6 Å². The van der Waals surface area contributed by atoms with Gasteiger partial charge in [0.1, 0.15) is 17.5 Å². The maximum atomic E-state index is 13.5. The average Bonchev–Trinajstić information content (AvgIpc) is 2.25. The van der Waals surface area contributed by atoms with Crippen LogP contribution in [0.4, 0.5) is 18.9 Å². The molecule has 0 unspecified atom stereocenters. The minimum Gasteiger partial charge on any atom is -0.279 e. The molecule has 0 aliphatic heterocycles. The first-order chi connectivity index (χ1) is 9.29. The van der Waals surface area contributed by atoms with Crippen molar-refractivity contribution in [3.8, 4) is 0 Å². The first-order valence-corrected chi connectivity index (χ1v) is 7.79. The lowest BCUT2D eigenvalue weighted by atomic mass is 10.3. The summed E-state index contributed by atoms with van der Waals surface area (Å²) in [6.45, 7) is 0. The van der Waals surface area contributed by atoms with Crippen molar-refractivity contribution in [1.82, 2.24) is 0 Å². The Hall–Kier alpha value is -1.29. The Bertz CT molecular complexity index is 742. The van der Waals surface area contributed by atoms with E-state index in [2.05, 4.69) is 0 Å². The standard InChI is InChI=1S/C12H7F3INO2S/c13-7-4-10(14)12(11(15)5-7)20(18,19)17-9-3-1-2-8(16)6-9/h1-6,17H. The highest BCUT2D eigenvalue weighted by atomic mass is 127. The van der Waals surface area contributed by atoms with Gasteiger partial charge in [-0.25, -0.2) is 21.6 Å². The summed E-state index contributed by atoms with van der Waals surface area (Å²) in [4.78, 5) is -1.21. The fourth-order valence-corrected chi connectivity index (χ4v) is 3.26. The van der Waals surface area contributed by atoms with Gasteiger partial charge < -0.3 is 0 Å². The molecule has 0 aromatic heterocycles. The Kier molecular flexibility index (Phi) is 4.23. The van der Waals surface area contributed by atoms with Crippen molar-refractivity contribution in [3.63, 3.8) is 0 Å². The van der Waals surface area contributed by atoms with E-state index in [-0.39, 0.29) is 5.69 Å². The Morgan fingerprint density at radius 2 is 1.60 bits per heavy atom. The third-order valence-corrected chi connectivity index (χ3v) is 4.41. The molecule has 3 nitrogen and oxygen atoms in total. The Labute approximate surface area is 127 Å². The van der Waals surface area contributed by atoms with E-state index in [1.807, 2.05) is 27.3 Å². The zero-order valence-corrected chi connectivity index (χ0v) is 12.7. The van der Waals surface area contributed by atoms with E-state index in [1.54, 1.807) is 12.1 Å². The molecule has 0 atom stereocenters. The second-order valence-corrected chi connectivity index (χ2v) is 6.68. The van der Waals surface area contributed by atoms with Crippen molar-refractivity contribution in [2.75, 3.05) is 4.72 Å². The van der Waals surface area contributed by atoms with Gasteiger partial charge >= 0.3 is 0 Å². The molecule has 0 bridgehead atoms. The molecule has 0 amide bonds. The van der Waals surface area contributed by atoms with Crippen LogP contribution >= 0.6 is 22.6 Å². The van der Waals surface area contributed by atoms with Gasteiger partial charge in [-0.3, -0.25) is 4.72 Å². The molecule has 0 heterocycles. The first-order valence-electron chi connectivity index (χ1n) is 5.22. The largest absolute Gasteiger partial charge is 0.279 e. The Morgan fingerprint density at radius 3 is 2.15 bits per heavy atom. The van der Waals surface area contributed by atoms with Crippen molar-refractivity contribution in [2.24, 2.45) is 0 Å². The fourth-order valence-electron chi connectivity index (χ4n) is 1.54. The fraction of sp³-hybridized carbons (Fsp3) is 0. The third kappa shape index (κ3) is 3.23. The summed E-state index contributed by atoms with van der Waals surface area (Å²) in [6.07, 6.45) is 0. The Balaban J connectivity index is 2.46.